The van der Waals surface area contributed by atoms with Gasteiger partial charge in [-0.1, -0.05) is 6.08 Å². The first-order chi connectivity index (χ1) is 8.31. The van der Waals surface area contributed by atoms with Crippen LogP contribution in [0.15, 0.2) is 25.0 Å². The van der Waals surface area contributed by atoms with Crippen molar-refractivity contribution in [3.05, 3.63) is 30.6 Å². The maximum Gasteiger partial charge on any atom is 0.0718 e. The molecule has 1 aromatic rings. The molecule has 1 saturated heterocycles. The summed E-state index contributed by atoms with van der Waals surface area (Å²) in [5, 5.41) is 4.29. The monoisotopic (exact) mass is 235 g/mol. The summed E-state index contributed by atoms with van der Waals surface area (Å²) in [4.78, 5) is 2.42. The molecule has 2 heterocycles. The standard InChI is InChI=1S/C13H21N3O/c1-3-7-17-13-5-6-15(11-13)9-12-8-14-16(4-2)10-12/h3,8,10,13H,1,4-7,9,11H2,2H3. The SMILES string of the molecule is C=CCOC1CCN(Cc2cnn(CC)c2)C1. The smallest absolute Gasteiger partial charge is 0.0718 e. The van der Waals surface area contributed by atoms with Crippen molar-refractivity contribution in [2.75, 3.05) is 19.7 Å². The predicted molar refractivity (Wildman–Crippen MR) is 67.7 cm³/mol. The second-order valence-electron chi connectivity index (χ2n) is 4.47. The van der Waals surface area contributed by atoms with E-state index in [9.17, 15) is 0 Å². The molecular weight excluding hydrogens is 214 g/mol. The molecule has 0 spiro atoms. The van der Waals surface area contributed by atoms with Gasteiger partial charge in [-0.25, -0.2) is 0 Å². The number of rotatable bonds is 6. The van der Waals surface area contributed by atoms with Crippen LogP contribution in [0.1, 0.15) is 18.9 Å². The summed E-state index contributed by atoms with van der Waals surface area (Å²) in [5.74, 6) is 0. The molecule has 0 saturated carbocycles. The van der Waals surface area contributed by atoms with Gasteiger partial charge in [-0.15, -0.1) is 6.58 Å². The number of hydrogen-bond acceptors (Lipinski definition) is 3. The Labute approximate surface area is 103 Å². The summed E-state index contributed by atoms with van der Waals surface area (Å²) in [6.45, 7) is 10.5. The van der Waals surface area contributed by atoms with Crippen molar-refractivity contribution in [3.63, 3.8) is 0 Å². The second kappa shape index (κ2) is 5.98. The van der Waals surface area contributed by atoms with E-state index in [1.807, 2.05) is 17.0 Å². The van der Waals surface area contributed by atoms with E-state index in [2.05, 4.69) is 29.7 Å². The topological polar surface area (TPSA) is 30.3 Å². The lowest BCUT2D eigenvalue weighted by molar-refractivity contribution is 0.0796. The Balaban J connectivity index is 1.78. The number of aromatic nitrogens is 2. The molecule has 1 aromatic heterocycles. The van der Waals surface area contributed by atoms with Crippen LogP contribution in [-0.4, -0.2) is 40.5 Å². The van der Waals surface area contributed by atoms with Gasteiger partial charge in [0.15, 0.2) is 0 Å². The average Bonchev–Trinajstić information content (AvgIpc) is 2.96. The summed E-state index contributed by atoms with van der Waals surface area (Å²) >= 11 is 0. The first-order valence-corrected chi connectivity index (χ1v) is 6.28. The van der Waals surface area contributed by atoms with Gasteiger partial charge in [-0.2, -0.15) is 5.10 Å². The molecule has 0 bridgehead atoms. The molecule has 1 unspecified atom stereocenters. The van der Waals surface area contributed by atoms with Crippen LogP contribution in [0.3, 0.4) is 0 Å². The molecule has 4 nitrogen and oxygen atoms in total. The van der Waals surface area contributed by atoms with E-state index in [-0.39, 0.29) is 0 Å². The Morgan fingerprint density at radius 3 is 3.24 bits per heavy atom. The van der Waals surface area contributed by atoms with Gasteiger partial charge in [0.05, 0.1) is 18.9 Å². The summed E-state index contributed by atoms with van der Waals surface area (Å²) in [7, 11) is 0. The first kappa shape index (κ1) is 12.3. The van der Waals surface area contributed by atoms with Crippen LogP contribution in [-0.2, 0) is 17.8 Å². The molecule has 0 amide bonds. The summed E-state index contributed by atoms with van der Waals surface area (Å²) in [6, 6.07) is 0. The van der Waals surface area contributed by atoms with Crippen LogP contribution in [0.2, 0.25) is 0 Å². The lowest BCUT2D eigenvalue weighted by Gasteiger charge is -2.14. The molecular formula is C13H21N3O. The second-order valence-corrected chi connectivity index (χ2v) is 4.47. The van der Waals surface area contributed by atoms with Crippen molar-refractivity contribution in [2.45, 2.75) is 32.5 Å². The van der Waals surface area contributed by atoms with Crippen LogP contribution in [0.4, 0.5) is 0 Å². The van der Waals surface area contributed by atoms with Crippen LogP contribution < -0.4 is 0 Å². The molecule has 2 rings (SSSR count). The fourth-order valence-electron chi connectivity index (χ4n) is 2.20. The van der Waals surface area contributed by atoms with Gasteiger partial charge in [0.1, 0.15) is 0 Å². The van der Waals surface area contributed by atoms with Gasteiger partial charge in [0.2, 0.25) is 0 Å². The minimum Gasteiger partial charge on any atom is -0.373 e. The Kier molecular flexibility index (Phi) is 4.34. The molecule has 1 aliphatic heterocycles. The Hall–Kier alpha value is -1.13. The highest BCUT2D eigenvalue weighted by molar-refractivity contribution is 5.04. The Morgan fingerprint density at radius 2 is 2.53 bits per heavy atom. The van der Waals surface area contributed by atoms with Crippen molar-refractivity contribution in [1.82, 2.24) is 14.7 Å². The highest BCUT2D eigenvalue weighted by Gasteiger charge is 2.22. The molecule has 0 aliphatic carbocycles. The van der Waals surface area contributed by atoms with Gasteiger partial charge in [-0.05, 0) is 13.3 Å². The number of ether oxygens (including phenoxy) is 1. The lowest BCUT2D eigenvalue weighted by atomic mass is 10.3. The molecule has 4 heteroatoms. The summed E-state index contributed by atoms with van der Waals surface area (Å²) in [5.41, 5.74) is 1.29. The average molecular weight is 235 g/mol. The molecule has 94 valence electrons. The molecule has 1 fully saturated rings. The predicted octanol–water partition coefficient (Wildman–Crippen LogP) is 1.68. The Bertz CT molecular complexity index is 361. The number of hydrogen-bond donors (Lipinski definition) is 0. The van der Waals surface area contributed by atoms with Gasteiger partial charge in [-0.3, -0.25) is 9.58 Å². The molecule has 1 aliphatic rings. The summed E-state index contributed by atoms with van der Waals surface area (Å²) in [6.07, 6.45) is 7.39. The van der Waals surface area contributed by atoms with Gasteiger partial charge in [0.25, 0.3) is 0 Å². The Morgan fingerprint density at radius 1 is 1.65 bits per heavy atom. The van der Waals surface area contributed by atoms with Crippen LogP contribution in [0.5, 0.6) is 0 Å². The maximum absolute atomic E-state index is 5.67. The zero-order valence-corrected chi connectivity index (χ0v) is 10.5. The van der Waals surface area contributed by atoms with Crippen LogP contribution in [0.25, 0.3) is 0 Å². The van der Waals surface area contributed by atoms with Crippen molar-refractivity contribution in [3.8, 4) is 0 Å². The van der Waals surface area contributed by atoms with E-state index in [0.29, 0.717) is 12.7 Å². The normalized spacial score (nSPS) is 20.9. The van der Waals surface area contributed by atoms with E-state index in [1.54, 1.807) is 0 Å². The fourth-order valence-corrected chi connectivity index (χ4v) is 2.20. The van der Waals surface area contributed by atoms with E-state index >= 15 is 0 Å². The van der Waals surface area contributed by atoms with Gasteiger partial charge in [0, 0.05) is 37.9 Å². The molecule has 0 radical (unpaired) electrons. The van der Waals surface area contributed by atoms with E-state index in [1.165, 1.54) is 5.56 Å². The van der Waals surface area contributed by atoms with E-state index in [4.69, 9.17) is 4.74 Å². The fraction of sp³-hybridized carbons (Fsp3) is 0.615. The third-order valence-corrected chi connectivity index (χ3v) is 3.10. The van der Waals surface area contributed by atoms with Crippen molar-refractivity contribution in [1.29, 1.82) is 0 Å². The number of likely N-dealkylation sites (tertiary alicyclic amines) is 1. The first-order valence-electron chi connectivity index (χ1n) is 6.28. The third kappa shape index (κ3) is 3.41. The molecule has 0 aromatic carbocycles. The minimum absolute atomic E-state index is 0.370. The maximum atomic E-state index is 5.67. The van der Waals surface area contributed by atoms with Crippen LogP contribution in [0, 0.1) is 0 Å². The van der Waals surface area contributed by atoms with E-state index < -0.39 is 0 Å². The van der Waals surface area contributed by atoms with Crippen molar-refractivity contribution in [2.24, 2.45) is 0 Å². The molecule has 17 heavy (non-hydrogen) atoms. The largest absolute Gasteiger partial charge is 0.373 e. The van der Waals surface area contributed by atoms with Crippen molar-refractivity contribution >= 4 is 0 Å². The molecule has 1 atom stereocenters. The van der Waals surface area contributed by atoms with E-state index in [0.717, 1.165) is 32.6 Å². The zero-order chi connectivity index (χ0) is 12.1. The quantitative estimate of drug-likeness (QED) is 0.703. The van der Waals surface area contributed by atoms with Gasteiger partial charge >= 0.3 is 0 Å². The number of nitrogens with zero attached hydrogens (tertiary/aromatic N) is 3. The zero-order valence-electron chi connectivity index (χ0n) is 10.5. The van der Waals surface area contributed by atoms with Gasteiger partial charge < -0.3 is 4.74 Å². The van der Waals surface area contributed by atoms with Crippen LogP contribution >= 0.6 is 0 Å². The minimum atomic E-state index is 0.370. The summed E-state index contributed by atoms with van der Waals surface area (Å²) < 4.78 is 7.64. The van der Waals surface area contributed by atoms with Crippen molar-refractivity contribution < 1.29 is 4.74 Å². The highest BCUT2D eigenvalue weighted by Crippen LogP contribution is 2.15. The molecule has 0 N–H and O–H groups in total. The lowest BCUT2D eigenvalue weighted by Crippen LogP contribution is -2.22. The number of aryl methyl sites for hydroxylation is 1. The third-order valence-electron chi connectivity index (χ3n) is 3.10. The highest BCUT2D eigenvalue weighted by atomic mass is 16.5.